The molecule has 2 atom stereocenters. The maximum Gasteiger partial charge on any atom is 0.333 e. The van der Waals surface area contributed by atoms with Crippen LogP contribution < -0.4 is 20.6 Å². The number of hydrogen-bond acceptors (Lipinski definition) is 3. The van der Waals surface area contributed by atoms with Gasteiger partial charge in [-0.25, -0.2) is 0 Å². The molecule has 1 saturated carbocycles. The molecule has 3 aliphatic heterocycles. The van der Waals surface area contributed by atoms with Gasteiger partial charge in [-0.05, 0) is 157 Å². The summed E-state index contributed by atoms with van der Waals surface area (Å²) in [4.78, 5) is 5.77. The highest BCUT2D eigenvalue weighted by Crippen LogP contribution is 2.63. The molecule has 8 aromatic rings. The van der Waals surface area contributed by atoms with Crippen LogP contribution in [-0.2, 0) is 27.1 Å². The summed E-state index contributed by atoms with van der Waals surface area (Å²) in [6.07, 6.45) is 7.34. The van der Waals surface area contributed by atoms with Crippen LogP contribution in [0.4, 0.5) is 22.7 Å². The van der Waals surface area contributed by atoms with Gasteiger partial charge in [-0.3, -0.25) is 0 Å². The third kappa shape index (κ3) is 5.65. The zero-order valence-corrected chi connectivity index (χ0v) is 43.4. The lowest BCUT2D eigenvalue weighted by Crippen LogP contribution is -2.64. The molecule has 2 nitrogen and oxygen atoms in total. The lowest BCUT2D eigenvalue weighted by molar-refractivity contribution is 0.195. The zero-order chi connectivity index (χ0) is 47.2. The first kappa shape index (κ1) is 42.8. The average Bonchev–Trinajstić information content (AvgIpc) is 3.76. The first-order valence-electron chi connectivity index (χ1n) is 25.8. The minimum absolute atomic E-state index is 0.00680. The van der Waals surface area contributed by atoms with E-state index in [9.17, 15) is 0 Å². The van der Waals surface area contributed by atoms with Gasteiger partial charge < -0.3 is 9.71 Å². The van der Waals surface area contributed by atoms with Crippen LogP contribution in [0.5, 0.6) is 0 Å². The molecule has 0 saturated heterocycles. The molecule has 0 N–H and O–H groups in total. The molecular weight excluding hydrogens is 840 g/mol. The van der Waals surface area contributed by atoms with Crippen molar-refractivity contribution in [2.75, 3.05) is 9.71 Å². The Labute approximate surface area is 409 Å². The van der Waals surface area contributed by atoms with E-state index >= 15 is 0 Å². The number of rotatable bonds is 2. The van der Waals surface area contributed by atoms with Gasteiger partial charge in [-0.2, -0.15) is 0 Å². The summed E-state index contributed by atoms with van der Waals surface area (Å²) >= 11 is 2.01. The molecule has 2 aliphatic carbocycles. The van der Waals surface area contributed by atoms with Crippen molar-refractivity contribution in [3.05, 3.63) is 143 Å². The number of anilines is 4. The molecule has 13 rings (SSSR count). The Balaban J connectivity index is 1.22. The monoisotopic (exact) mass is 907 g/mol. The Morgan fingerprint density at radius 2 is 1.19 bits per heavy atom. The van der Waals surface area contributed by atoms with Crippen LogP contribution in [0.1, 0.15) is 149 Å². The first-order chi connectivity index (χ1) is 32.2. The molecular formula is C64H67BN2S. The van der Waals surface area contributed by atoms with Crippen molar-refractivity contribution < 1.29 is 0 Å². The molecule has 0 amide bonds. The number of thiophene rings is 1. The summed E-state index contributed by atoms with van der Waals surface area (Å²) in [7, 11) is 0. The fourth-order valence-electron chi connectivity index (χ4n) is 14.1. The SMILES string of the molecule is CC(C)(C)c1ccc(N2B3c4cc(C(C)(C)C)cc5c4N(c4cc6ccccc6c(c43)-c3cc4sc6cc7c(cc6c4cc32)C(C)(C)CCC7(C)C)C2(C)CCCCC52C)c(-c2ccccc2)c1. The summed E-state index contributed by atoms with van der Waals surface area (Å²) in [5, 5.41) is 5.47. The normalized spacial score (nSPS) is 22.0. The molecule has 2 unspecified atom stereocenters. The molecule has 0 radical (unpaired) electrons. The maximum absolute atomic E-state index is 2.92. The quantitative estimate of drug-likeness (QED) is 0.160. The fourth-order valence-corrected chi connectivity index (χ4v) is 15.3. The van der Waals surface area contributed by atoms with Crippen molar-refractivity contribution in [1.82, 2.24) is 0 Å². The predicted octanol–water partition coefficient (Wildman–Crippen LogP) is 16.8. The molecule has 1 fully saturated rings. The van der Waals surface area contributed by atoms with E-state index in [1.54, 1.807) is 5.56 Å². The third-order valence-electron chi connectivity index (χ3n) is 18.5. The van der Waals surface area contributed by atoms with Gasteiger partial charge in [-0.1, -0.05) is 162 Å². The van der Waals surface area contributed by atoms with Gasteiger partial charge in [-0.15, -0.1) is 11.3 Å². The summed E-state index contributed by atoms with van der Waals surface area (Å²) in [6, 6.07) is 46.5. The Morgan fingerprint density at radius 1 is 0.529 bits per heavy atom. The van der Waals surface area contributed by atoms with E-state index in [1.807, 2.05) is 11.3 Å². The summed E-state index contributed by atoms with van der Waals surface area (Å²) in [5.41, 5.74) is 21.3. The summed E-state index contributed by atoms with van der Waals surface area (Å²) in [6.45, 7) is 29.5. The first-order valence-corrected chi connectivity index (χ1v) is 26.6. The highest BCUT2D eigenvalue weighted by molar-refractivity contribution is 7.25. The van der Waals surface area contributed by atoms with Gasteiger partial charge in [0.05, 0.1) is 5.54 Å². The predicted molar refractivity (Wildman–Crippen MR) is 297 cm³/mol. The van der Waals surface area contributed by atoms with E-state index < -0.39 is 0 Å². The number of nitrogens with zero attached hydrogens (tertiary/aromatic N) is 2. The van der Waals surface area contributed by atoms with Gasteiger partial charge >= 0.3 is 6.85 Å². The molecule has 4 heterocycles. The molecule has 4 heteroatoms. The van der Waals surface area contributed by atoms with Crippen LogP contribution in [0, 0.1) is 0 Å². The summed E-state index contributed by atoms with van der Waals surface area (Å²) < 4.78 is 2.79. The number of hydrogen-bond donors (Lipinski definition) is 0. The Bertz CT molecular complexity index is 3490. The minimum atomic E-state index is -0.0647. The van der Waals surface area contributed by atoms with Gasteiger partial charge in [0, 0.05) is 59.5 Å². The molecule has 5 aliphatic rings. The van der Waals surface area contributed by atoms with Crippen LogP contribution in [0.3, 0.4) is 0 Å². The van der Waals surface area contributed by atoms with Crippen LogP contribution in [0.25, 0.3) is 53.2 Å². The van der Waals surface area contributed by atoms with Crippen LogP contribution in [-0.4, -0.2) is 12.4 Å². The second-order valence-electron chi connectivity index (χ2n) is 25.5. The Kier molecular flexibility index (Phi) is 8.63. The van der Waals surface area contributed by atoms with Gasteiger partial charge in [0.1, 0.15) is 0 Å². The fraction of sp³-hybridized carbons (Fsp3) is 0.375. The van der Waals surface area contributed by atoms with Crippen molar-refractivity contribution in [3.8, 4) is 22.3 Å². The topological polar surface area (TPSA) is 6.48 Å². The molecule has 68 heavy (non-hydrogen) atoms. The van der Waals surface area contributed by atoms with E-state index in [0.29, 0.717) is 0 Å². The van der Waals surface area contributed by atoms with Gasteiger partial charge in [0.2, 0.25) is 0 Å². The number of benzene rings is 7. The van der Waals surface area contributed by atoms with Crippen molar-refractivity contribution in [2.24, 2.45) is 0 Å². The Morgan fingerprint density at radius 3 is 1.93 bits per heavy atom. The van der Waals surface area contributed by atoms with E-state index in [2.05, 4.69) is 208 Å². The van der Waals surface area contributed by atoms with Gasteiger partial charge in [0.25, 0.3) is 0 Å². The van der Waals surface area contributed by atoms with E-state index in [0.717, 1.165) is 0 Å². The minimum Gasteiger partial charge on any atom is -0.376 e. The molecule has 0 bridgehead atoms. The highest BCUT2D eigenvalue weighted by atomic mass is 32.1. The number of fused-ring (bicyclic) bond motifs is 13. The lowest BCUT2D eigenvalue weighted by Gasteiger charge is -2.53. The van der Waals surface area contributed by atoms with Gasteiger partial charge in [0.15, 0.2) is 0 Å². The van der Waals surface area contributed by atoms with Crippen molar-refractivity contribution in [3.63, 3.8) is 0 Å². The van der Waals surface area contributed by atoms with Crippen molar-refractivity contribution >= 4 is 82.8 Å². The highest BCUT2D eigenvalue weighted by Gasteiger charge is 2.62. The van der Waals surface area contributed by atoms with Crippen molar-refractivity contribution in [1.29, 1.82) is 0 Å². The van der Waals surface area contributed by atoms with Crippen LogP contribution >= 0.6 is 11.3 Å². The molecule has 1 aromatic heterocycles. The Hall–Kier alpha value is -5.32. The zero-order valence-electron chi connectivity index (χ0n) is 42.6. The van der Waals surface area contributed by atoms with E-state index in [1.165, 1.54) is 148 Å². The smallest absolute Gasteiger partial charge is 0.333 e. The second-order valence-corrected chi connectivity index (χ2v) is 26.6. The standard InChI is InChI=1S/C64H67BN2S/c1-59(2,3)40-24-25-51(43(31-40)38-20-14-13-15-21-38)67-52-35-45-44-34-47-48(62(9,10)29-28-61(47,7)8)37-55(44)68-54(45)36-46(52)56-42-23-17-16-22-39(42)30-53-57(56)65(67)50-33-41(60(4,5)6)32-49-58(50)66(53)64(12)27-19-18-26-63(49,64)11/h13-17,20-25,30-37H,18-19,26-29H2,1-12H3. The van der Waals surface area contributed by atoms with E-state index in [-0.39, 0.29) is 39.5 Å². The molecule has 7 aromatic carbocycles. The summed E-state index contributed by atoms with van der Waals surface area (Å²) in [5.74, 6) is 0. The van der Waals surface area contributed by atoms with Crippen LogP contribution in [0.15, 0.2) is 115 Å². The molecule has 342 valence electrons. The third-order valence-corrected chi connectivity index (χ3v) is 19.6. The lowest BCUT2D eigenvalue weighted by atomic mass is 9.42. The van der Waals surface area contributed by atoms with Crippen molar-refractivity contribution in [2.45, 2.75) is 154 Å². The molecule has 0 spiro atoms. The van der Waals surface area contributed by atoms with E-state index in [4.69, 9.17) is 0 Å². The van der Waals surface area contributed by atoms with Crippen LogP contribution in [0.2, 0.25) is 0 Å². The maximum atomic E-state index is 2.92. The second kappa shape index (κ2) is 13.7. The average molecular weight is 907 g/mol. The largest absolute Gasteiger partial charge is 0.376 e.